The van der Waals surface area contributed by atoms with E-state index in [-0.39, 0.29) is 6.03 Å². The molecule has 3 aliphatic heterocycles. The number of hydrogen-bond donors (Lipinski definition) is 1. The summed E-state index contributed by atoms with van der Waals surface area (Å²) in [5.41, 5.74) is 3.48. The zero-order chi connectivity index (χ0) is 17.2. The van der Waals surface area contributed by atoms with Crippen molar-refractivity contribution in [3.63, 3.8) is 0 Å². The van der Waals surface area contributed by atoms with E-state index in [4.69, 9.17) is 4.74 Å². The molecule has 0 saturated carbocycles. The Morgan fingerprint density at radius 1 is 1.24 bits per heavy atom. The van der Waals surface area contributed by atoms with Gasteiger partial charge in [0.2, 0.25) is 0 Å². The molecule has 0 aliphatic carbocycles. The van der Waals surface area contributed by atoms with E-state index in [0.29, 0.717) is 6.04 Å². The molecule has 1 aromatic rings. The highest BCUT2D eigenvalue weighted by atomic mass is 16.5. The van der Waals surface area contributed by atoms with Crippen molar-refractivity contribution in [3.05, 3.63) is 23.8 Å². The van der Waals surface area contributed by atoms with Crippen molar-refractivity contribution in [1.82, 2.24) is 9.80 Å². The zero-order valence-corrected chi connectivity index (χ0v) is 15.0. The molecule has 136 valence electrons. The van der Waals surface area contributed by atoms with Crippen LogP contribution >= 0.6 is 0 Å². The lowest BCUT2D eigenvalue weighted by atomic mass is 10.1. The van der Waals surface area contributed by atoms with Gasteiger partial charge in [0.05, 0.1) is 13.2 Å². The number of carbonyl (C=O) groups excluding carboxylic acids is 1. The lowest BCUT2D eigenvalue weighted by molar-refractivity contribution is 0.0296. The van der Waals surface area contributed by atoms with Crippen LogP contribution in [0.25, 0.3) is 0 Å². The summed E-state index contributed by atoms with van der Waals surface area (Å²) in [5.74, 6) is 0. The Kier molecular flexibility index (Phi) is 4.81. The van der Waals surface area contributed by atoms with Crippen LogP contribution in [0, 0.1) is 0 Å². The first-order chi connectivity index (χ1) is 12.2. The van der Waals surface area contributed by atoms with E-state index < -0.39 is 0 Å². The predicted octanol–water partition coefficient (Wildman–Crippen LogP) is 2.01. The third kappa shape index (κ3) is 3.46. The van der Waals surface area contributed by atoms with Crippen molar-refractivity contribution in [1.29, 1.82) is 0 Å². The summed E-state index contributed by atoms with van der Waals surface area (Å²) in [4.78, 5) is 19.6. The van der Waals surface area contributed by atoms with Crippen molar-refractivity contribution in [2.75, 3.05) is 63.2 Å². The number of ether oxygens (including phenoxy) is 1. The highest BCUT2D eigenvalue weighted by Gasteiger charge is 2.31. The summed E-state index contributed by atoms with van der Waals surface area (Å²) in [7, 11) is 2.11. The summed E-state index contributed by atoms with van der Waals surface area (Å²) in [6, 6.07) is 6.57. The van der Waals surface area contributed by atoms with Gasteiger partial charge in [-0.1, -0.05) is 6.07 Å². The number of likely N-dealkylation sites (N-methyl/N-ethyl adjacent to an activating group) is 1. The summed E-state index contributed by atoms with van der Waals surface area (Å²) < 4.78 is 5.43. The Labute approximate surface area is 149 Å². The number of benzene rings is 1. The van der Waals surface area contributed by atoms with Gasteiger partial charge in [0.25, 0.3) is 0 Å². The SMILES string of the molecule is CN1CCc2c(NC(=O)N3CCC[C@@H]3CN3CCOCC3)cccc21. The van der Waals surface area contributed by atoms with Crippen LogP contribution in [0.5, 0.6) is 0 Å². The number of fused-ring (bicyclic) bond motifs is 1. The molecule has 0 unspecified atom stereocenters. The van der Waals surface area contributed by atoms with Crippen LogP contribution in [-0.2, 0) is 11.2 Å². The maximum Gasteiger partial charge on any atom is 0.322 e. The molecule has 0 radical (unpaired) electrons. The second-order valence-corrected chi connectivity index (χ2v) is 7.31. The van der Waals surface area contributed by atoms with Crippen LogP contribution in [0.4, 0.5) is 16.2 Å². The lowest BCUT2D eigenvalue weighted by Gasteiger charge is -2.33. The number of hydrogen-bond acceptors (Lipinski definition) is 4. The monoisotopic (exact) mass is 344 g/mol. The number of amides is 2. The summed E-state index contributed by atoms with van der Waals surface area (Å²) >= 11 is 0. The van der Waals surface area contributed by atoms with Gasteiger partial charge < -0.3 is 19.9 Å². The molecule has 1 N–H and O–H groups in total. The van der Waals surface area contributed by atoms with Crippen LogP contribution in [0.3, 0.4) is 0 Å². The highest BCUT2D eigenvalue weighted by molar-refractivity contribution is 5.92. The molecule has 3 heterocycles. The van der Waals surface area contributed by atoms with Gasteiger partial charge in [0, 0.05) is 62.8 Å². The van der Waals surface area contributed by atoms with Gasteiger partial charge in [-0.3, -0.25) is 4.90 Å². The maximum atomic E-state index is 12.9. The minimum Gasteiger partial charge on any atom is -0.379 e. The average Bonchev–Trinajstić information content (AvgIpc) is 3.24. The Balaban J connectivity index is 1.42. The van der Waals surface area contributed by atoms with Gasteiger partial charge in [0.15, 0.2) is 0 Å². The van der Waals surface area contributed by atoms with Crippen molar-refractivity contribution in [3.8, 4) is 0 Å². The number of likely N-dealkylation sites (tertiary alicyclic amines) is 1. The average molecular weight is 344 g/mol. The number of morpholine rings is 1. The maximum absolute atomic E-state index is 12.9. The molecule has 4 rings (SSSR count). The normalized spacial score (nSPS) is 23.8. The molecule has 1 atom stereocenters. The molecule has 2 amide bonds. The first-order valence-electron chi connectivity index (χ1n) is 9.43. The minimum absolute atomic E-state index is 0.0544. The number of rotatable bonds is 3. The Bertz CT molecular complexity index is 630. The van der Waals surface area contributed by atoms with Crippen molar-refractivity contribution in [2.45, 2.75) is 25.3 Å². The van der Waals surface area contributed by atoms with Gasteiger partial charge in [0.1, 0.15) is 0 Å². The molecule has 2 saturated heterocycles. The molecular weight excluding hydrogens is 316 g/mol. The second kappa shape index (κ2) is 7.22. The van der Waals surface area contributed by atoms with E-state index >= 15 is 0 Å². The van der Waals surface area contributed by atoms with Gasteiger partial charge in [-0.2, -0.15) is 0 Å². The highest BCUT2D eigenvalue weighted by Crippen LogP contribution is 2.33. The van der Waals surface area contributed by atoms with Crippen LogP contribution in [0.1, 0.15) is 18.4 Å². The second-order valence-electron chi connectivity index (χ2n) is 7.31. The third-order valence-electron chi connectivity index (χ3n) is 5.71. The summed E-state index contributed by atoms with van der Waals surface area (Å²) in [6.45, 7) is 6.41. The lowest BCUT2D eigenvalue weighted by Crippen LogP contribution is -2.47. The predicted molar refractivity (Wildman–Crippen MR) is 99.4 cm³/mol. The Morgan fingerprint density at radius 2 is 2.08 bits per heavy atom. The number of anilines is 2. The van der Waals surface area contributed by atoms with E-state index in [0.717, 1.165) is 70.9 Å². The molecule has 2 fully saturated rings. The first-order valence-corrected chi connectivity index (χ1v) is 9.43. The van der Waals surface area contributed by atoms with Crippen molar-refractivity contribution >= 4 is 17.4 Å². The molecule has 0 aromatic heterocycles. The van der Waals surface area contributed by atoms with Crippen LogP contribution in [0.2, 0.25) is 0 Å². The summed E-state index contributed by atoms with van der Waals surface area (Å²) in [6.07, 6.45) is 3.19. The Morgan fingerprint density at radius 3 is 2.92 bits per heavy atom. The van der Waals surface area contributed by atoms with Gasteiger partial charge in [-0.05, 0) is 31.4 Å². The Hall–Kier alpha value is -1.79. The third-order valence-corrected chi connectivity index (χ3v) is 5.71. The fraction of sp³-hybridized carbons (Fsp3) is 0.632. The number of nitrogens with one attached hydrogen (secondary N) is 1. The molecular formula is C19H28N4O2. The van der Waals surface area contributed by atoms with Crippen LogP contribution < -0.4 is 10.2 Å². The quantitative estimate of drug-likeness (QED) is 0.911. The van der Waals surface area contributed by atoms with Gasteiger partial charge in [-0.15, -0.1) is 0 Å². The molecule has 1 aromatic carbocycles. The number of carbonyl (C=O) groups is 1. The minimum atomic E-state index is 0.0544. The van der Waals surface area contributed by atoms with Crippen molar-refractivity contribution in [2.24, 2.45) is 0 Å². The molecule has 0 spiro atoms. The molecule has 3 aliphatic rings. The van der Waals surface area contributed by atoms with E-state index in [2.05, 4.69) is 28.2 Å². The van der Waals surface area contributed by atoms with Crippen LogP contribution in [0.15, 0.2) is 18.2 Å². The molecule has 6 heteroatoms. The van der Waals surface area contributed by atoms with E-state index in [1.54, 1.807) is 0 Å². The fourth-order valence-electron chi connectivity index (χ4n) is 4.27. The fourth-order valence-corrected chi connectivity index (χ4v) is 4.27. The van der Waals surface area contributed by atoms with E-state index in [9.17, 15) is 4.79 Å². The van der Waals surface area contributed by atoms with Gasteiger partial charge in [-0.25, -0.2) is 4.79 Å². The van der Waals surface area contributed by atoms with Gasteiger partial charge >= 0.3 is 6.03 Å². The summed E-state index contributed by atoms with van der Waals surface area (Å²) in [5, 5.41) is 3.19. The largest absolute Gasteiger partial charge is 0.379 e. The first kappa shape index (κ1) is 16.7. The van der Waals surface area contributed by atoms with E-state index in [1.807, 2.05) is 17.0 Å². The zero-order valence-electron chi connectivity index (χ0n) is 15.0. The molecule has 25 heavy (non-hydrogen) atoms. The molecule has 6 nitrogen and oxygen atoms in total. The van der Waals surface area contributed by atoms with E-state index in [1.165, 1.54) is 11.3 Å². The van der Waals surface area contributed by atoms with Crippen LogP contribution in [-0.4, -0.2) is 74.9 Å². The number of urea groups is 1. The van der Waals surface area contributed by atoms with Crippen molar-refractivity contribution < 1.29 is 9.53 Å². The smallest absolute Gasteiger partial charge is 0.322 e. The number of nitrogens with zero attached hydrogens (tertiary/aromatic N) is 3. The standard InChI is InChI=1S/C19H28N4O2/c1-21-9-7-16-17(5-2-6-18(16)21)20-19(24)23-8-3-4-15(23)14-22-10-12-25-13-11-22/h2,5-6,15H,3-4,7-14H2,1H3,(H,20,24)/t15-/m1/s1. The molecule has 0 bridgehead atoms. The topological polar surface area (TPSA) is 48.1 Å².